The molecule has 2 N–H and O–H groups in total. The minimum atomic E-state index is -0.747. The lowest BCUT2D eigenvalue weighted by Crippen LogP contribution is -2.34. The van der Waals surface area contributed by atoms with E-state index >= 15 is 0 Å². The molecule has 0 aromatic heterocycles. The van der Waals surface area contributed by atoms with Gasteiger partial charge in [0.15, 0.2) is 0 Å². The molecule has 0 radical (unpaired) electrons. The molecular formula is C20H21ClN2O4. The zero-order valence-corrected chi connectivity index (χ0v) is 15.9. The highest BCUT2D eigenvalue weighted by Gasteiger charge is 2.37. The van der Waals surface area contributed by atoms with Crippen molar-refractivity contribution >= 4 is 35.9 Å². The van der Waals surface area contributed by atoms with E-state index in [0.29, 0.717) is 23.2 Å². The molecule has 0 saturated carbocycles. The van der Waals surface area contributed by atoms with Crippen LogP contribution in [0.25, 0.3) is 0 Å². The topological polar surface area (TPSA) is 89.7 Å². The lowest BCUT2D eigenvalue weighted by molar-refractivity contribution is -0.144. The summed E-state index contributed by atoms with van der Waals surface area (Å²) in [5, 5.41) is 0. The minimum Gasteiger partial charge on any atom is -0.465 e. The van der Waals surface area contributed by atoms with Crippen LogP contribution in [0.5, 0.6) is 0 Å². The Balaban J connectivity index is 0.00000261. The second-order valence-electron chi connectivity index (χ2n) is 6.17. The highest BCUT2D eigenvalue weighted by Crippen LogP contribution is 2.30. The molecule has 6 nitrogen and oxygen atoms in total. The highest BCUT2D eigenvalue weighted by atomic mass is 35.5. The number of fused-ring (bicyclic) bond motifs is 1. The number of nitrogens with two attached hydrogens (primary N) is 1. The fourth-order valence-electron chi connectivity index (χ4n) is 3.06. The van der Waals surface area contributed by atoms with Crippen molar-refractivity contribution in [1.82, 2.24) is 0 Å². The summed E-state index contributed by atoms with van der Waals surface area (Å²) in [7, 11) is 0. The van der Waals surface area contributed by atoms with E-state index in [1.165, 1.54) is 4.90 Å². The third-order valence-corrected chi connectivity index (χ3v) is 4.36. The predicted octanol–water partition coefficient (Wildman–Crippen LogP) is 2.65. The molecule has 0 unspecified atom stereocenters. The maximum atomic E-state index is 12.7. The quantitative estimate of drug-likeness (QED) is 0.628. The van der Waals surface area contributed by atoms with Gasteiger partial charge in [-0.1, -0.05) is 24.3 Å². The van der Waals surface area contributed by atoms with Crippen LogP contribution in [0.15, 0.2) is 42.5 Å². The Kier molecular flexibility index (Phi) is 6.36. The summed E-state index contributed by atoms with van der Waals surface area (Å²) in [5.41, 5.74) is 8.78. The van der Waals surface area contributed by atoms with Gasteiger partial charge in [0.05, 0.1) is 23.4 Å². The number of carbonyl (C=O) groups is 3. The van der Waals surface area contributed by atoms with Crippen LogP contribution in [-0.2, 0) is 16.0 Å². The molecule has 0 saturated heterocycles. The summed E-state index contributed by atoms with van der Waals surface area (Å²) < 4.78 is 4.89. The first-order valence-corrected chi connectivity index (χ1v) is 8.43. The number of rotatable bonds is 5. The van der Waals surface area contributed by atoms with Crippen molar-refractivity contribution in [2.24, 2.45) is 5.73 Å². The van der Waals surface area contributed by atoms with Gasteiger partial charge in [-0.15, -0.1) is 12.4 Å². The highest BCUT2D eigenvalue weighted by molar-refractivity contribution is 6.34. The van der Waals surface area contributed by atoms with E-state index in [9.17, 15) is 14.4 Å². The molecule has 2 aromatic rings. The number of hydrogen-bond donors (Lipinski definition) is 1. The Morgan fingerprint density at radius 3 is 2.37 bits per heavy atom. The van der Waals surface area contributed by atoms with Crippen LogP contribution in [0, 0.1) is 6.92 Å². The van der Waals surface area contributed by atoms with Gasteiger partial charge in [-0.3, -0.25) is 14.4 Å². The van der Waals surface area contributed by atoms with E-state index in [4.69, 9.17) is 10.5 Å². The van der Waals surface area contributed by atoms with Gasteiger partial charge in [-0.2, -0.15) is 0 Å². The van der Waals surface area contributed by atoms with Crippen LogP contribution in [0.2, 0.25) is 0 Å². The normalized spacial score (nSPS) is 13.8. The molecule has 7 heteroatoms. The fraction of sp³-hybridized carbons (Fsp3) is 0.250. The van der Waals surface area contributed by atoms with Crippen LogP contribution in [0.4, 0.5) is 5.69 Å². The summed E-state index contributed by atoms with van der Waals surface area (Å²) in [4.78, 5) is 38.1. The monoisotopic (exact) mass is 388 g/mol. The number of benzene rings is 2. The Labute approximate surface area is 163 Å². The average molecular weight is 389 g/mol. The molecule has 2 amide bonds. The van der Waals surface area contributed by atoms with E-state index in [0.717, 1.165) is 11.1 Å². The molecule has 2 aromatic carbocycles. The zero-order valence-electron chi connectivity index (χ0n) is 15.1. The van der Waals surface area contributed by atoms with Gasteiger partial charge >= 0.3 is 5.97 Å². The van der Waals surface area contributed by atoms with Gasteiger partial charge in [0.1, 0.15) is 6.04 Å². The second kappa shape index (κ2) is 8.33. The number of anilines is 1. The Morgan fingerprint density at radius 1 is 1.11 bits per heavy atom. The lowest BCUT2D eigenvalue weighted by atomic mass is 10.0. The molecule has 1 aliphatic rings. The molecule has 1 aliphatic heterocycles. The molecule has 1 atom stereocenters. The lowest BCUT2D eigenvalue weighted by Gasteiger charge is -2.15. The number of amides is 2. The van der Waals surface area contributed by atoms with Gasteiger partial charge < -0.3 is 10.5 Å². The first kappa shape index (κ1) is 20.6. The largest absolute Gasteiger partial charge is 0.465 e. The number of aryl methyl sites for hydroxylation is 1. The zero-order chi connectivity index (χ0) is 18.8. The predicted molar refractivity (Wildman–Crippen MR) is 104 cm³/mol. The van der Waals surface area contributed by atoms with Gasteiger partial charge in [-0.25, -0.2) is 4.90 Å². The Morgan fingerprint density at radius 2 is 1.78 bits per heavy atom. The summed E-state index contributed by atoms with van der Waals surface area (Å²) in [6.07, 6.45) is 0.320. The van der Waals surface area contributed by atoms with E-state index in [1.807, 2.05) is 13.0 Å². The molecule has 3 rings (SSSR count). The van der Waals surface area contributed by atoms with E-state index < -0.39 is 12.0 Å². The molecule has 1 heterocycles. The van der Waals surface area contributed by atoms with E-state index in [-0.39, 0.29) is 30.8 Å². The molecular weight excluding hydrogens is 368 g/mol. The number of hydrogen-bond acceptors (Lipinski definition) is 5. The third kappa shape index (κ3) is 3.86. The van der Waals surface area contributed by atoms with E-state index in [2.05, 4.69) is 0 Å². The molecule has 142 valence electrons. The minimum absolute atomic E-state index is 0. The van der Waals surface area contributed by atoms with Gasteiger partial charge in [0, 0.05) is 0 Å². The Hall–Kier alpha value is -2.70. The molecule has 0 spiro atoms. The second-order valence-corrected chi connectivity index (χ2v) is 6.17. The summed E-state index contributed by atoms with van der Waals surface area (Å²) in [6, 6.07) is 11.4. The molecule has 0 aliphatic carbocycles. The van der Waals surface area contributed by atoms with Crippen molar-refractivity contribution < 1.29 is 19.1 Å². The third-order valence-electron chi connectivity index (χ3n) is 4.36. The van der Waals surface area contributed by atoms with Gasteiger partial charge in [0.2, 0.25) is 0 Å². The number of esters is 1. The first-order chi connectivity index (χ1) is 12.4. The summed E-state index contributed by atoms with van der Waals surface area (Å²) >= 11 is 0. The van der Waals surface area contributed by atoms with Crippen molar-refractivity contribution in [1.29, 1.82) is 0 Å². The van der Waals surface area contributed by atoms with Gasteiger partial charge in [-0.05, 0) is 49.6 Å². The number of halogens is 1. The smallest absolute Gasteiger partial charge is 0.323 e. The maximum absolute atomic E-state index is 12.7. The summed E-state index contributed by atoms with van der Waals surface area (Å²) in [6.45, 7) is 3.82. The van der Waals surface area contributed by atoms with Crippen molar-refractivity contribution in [3.05, 3.63) is 64.7 Å². The van der Waals surface area contributed by atoms with Crippen LogP contribution >= 0.6 is 12.4 Å². The number of nitrogens with zero attached hydrogens (tertiary/aromatic N) is 1. The van der Waals surface area contributed by atoms with Crippen LogP contribution in [0.3, 0.4) is 0 Å². The molecule has 0 bridgehead atoms. The fourth-order valence-corrected chi connectivity index (χ4v) is 3.06. The van der Waals surface area contributed by atoms with Crippen molar-refractivity contribution in [3.8, 4) is 0 Å². The van der Waals surface area contributed by atoms with Gasteiger partial charge in [0.25, 0.3) is 11.8 Å². The standard InChI is InChI=1S/C20H20N2O4.ClH/c1-3-26-20(25)16(21)11-13-7-9-14(10-8-13)22-18(23)15-6-4-5-12(2)17(15)19(22)24;/h4-10,16H,3,11,21H2,1-2H3;1H/t16-;/m0./s1. The van der Waals surface area contributed by atoms with E-state index in [1.54, 1.807) is 43.3 Å². The van der Waals surface area contributed by atoms with Crippen molar-refractivity contribution in [2.45, 2.75) is 26.3 Å². The van der Waals surface area contributed by atoms with Crippen LogP contribution in [-0.4, -0.2) is 30.4 Å². The number of imide groups is 1. The number of carbonyl (C=O) groups excluding carboxylic acids is 3. The Bertz CT molecular complexity index is 880. The van der Waals surface area contributed by atoms with Crippen LogP contribution in [0.1, 0.15) is 38.8 Å². The summed E-state index contributed by atoms with van der Waals surface area (Å²) in [5.74, 6) is -1.10. The molecule has 27 heavy (non-hydrogen) atoms. The van der Waals surface area contributed by atoms with Crippen LogP contribution < -0.4 is 10.6 Å². The first-order valence-electron chi connectivity index (χ1n) is 8.43. The van der Waals surface area contributed by atoms with Crippen molar-refractivity contribution in [3.63, 3.8) is 0 Å². The molecule has 0 fully saturated rings. The van der Waals surface area contributed by atoms with Crippen molar-refractivity contribution in [2.75, 3.05) is 11.5 Å². The number of ether oxygens (including phenoxy) is 1. The average Bonchev–Trinajstić information content (AvgIpc) is 2.88. The maximum Gasteiger partial charge on any atom is 0.323 e. The SMILES string of the molecule is CCOC(=O)[C@@H](N)Cc1ccc(N2C(=O)c3cccc(C)c3C2=O)cc1.Cl.